The van der Waals surface area contributed by atoms with Gasteiger partial charge in [-0.3, -0.25) is 4.79 Å². The summed E-state index contributed by atoms with van der Waals surface area (Å²) in [6, 6.07) is 10.7. The number of halogens is 4. The fraction of sp³-hybridized carbons (Fsp3) is 0.188. The fourth-order valence-electron chi connectivity index (χ4n) is 1.71. The maximum Gasteiger partial charge on any atom is 0.416 e. The molecule has 0 amide bonds. The summed E-state index contributed by atoms with van der Waals surface area (Å²) in [6.45, 7) is 1.48. The Hall–Kier alpha value is -2.21. The molecule has 122 valence electrons. The van der Waals surface area contributed by atoms with Gasteiger partial charge in [-0.2, -0.15) is 13.2 Å². The van der Waals surface area contributed by atoms with Crippen molar-refractivity contribution in [3.05, 3.63) is 54.1 Å². The first-order valence-electron chi connectivity index (χ1n) is 6.57. The lowest BCUT2D eigenvalue weighted by Crippen LogP contribution is -2.19. The molecule has 0 N–H and O–H groups in total. The van der Waals surface area contributed by atoms with Gasteiger partial charge < -0.3 is 9.47 Å². The first-order chi connectivity index (χ1) is 10.8. The maximum absolute atomic E-state index is 12.5. The number of alkyl halides is 3. The minimum atomic E-state index is -4.41. The zero-order chi connectivity index (χ0) is 17.0. The summed E-state index contributed by atoms with van der Waals surface area (Å²) in [5.41, 5.74) is -0.768. The zero-order valence-electron chi connectivity index (χ0n) is 11.9. The van der Waals surface area contributed by atoms with Crippen LogP contribution in [-0.2, 0) is 11.0 Å². The van der Waals surface area contributed by atoms with Crippen molar-refractivity contribution >= 4 is 16.8 Å². The second-order valence-corrected chi connectivity index (χ2v) is 5.01. The second-order valence-electron chi connectivity index (χ2n) is 4.64. The van der Waals surface area contributed by atoms with Gasteiger partial charge in [0.25, 0.3) is 5.24 Å². The Balaban J connectivity index is 2.18. The fourth-order valence-corrected chi connectivity index (χ4v) is 1.75. The van der Waals surface area contributed by atoms with E-state index in [1.807, 2.05) is 0 Å². The third kappa shape index (κ3) is 4.63. The Morgan fingerprint density at radius 2 is 1.61 bits per heavy atom. The van der Waals surface area contributed by atoms with Crippen molar-refractivity contribution in [3.8, 4) is 17.2 Å². The van der Waals surface area contributed by atoms with E-state index in [-0.39, 0.29) is 17.2 Å². The number of carbonyl (C=O) groups excluding carboxylic acids is 1. The quantitative estimate of drug-likeness (QED) is 0.714. The van der Waals surface area contributed by atoms with Gasteiger partial charge in [0.05, 0.1) is 5.56 Å². The summed E-state index contributed by atoms with van der Waals surface area (Å²) in [6.07, 6.45) is -5.29. The molecule has 0 aromatic heterocycles. The zero-order valence-corrected chi connectivity index (χ0v) is 12.7. The molecule has 0 bridgehead atoms. The van der Waals surface area contributed by atoms with Crippen LogP contribution < -0.4 is 9.47 Å². The number of benzene rings is 2. The van der Waals surface area contributed by atoms with Crippen LogP contribution in [0.5, 0.6) is 17.2 Å². The summed E-state index contributed by atoms with van der Waals surface area (Å²) in [4.78, 5) is 11.0. The Bertz CT molecular complexity index is 684. The summed E-state index contributed by atoms with van der Waals surface area (Å²) in [5, 5.41) is -0.672. The Morgan fingerprint density at radius 1 is 1.04 bits per heavy atom. The van der Waals surface area contributed by atoms with Crippen molar-refractivity contribution in [1.82, 2.24) is 0 Å². The molecule has 0 saturated heterocycles. The molecule has 0 spiro atoms. The highest BCUT2D eigenvalue weighted by Crippen LogP contribution is 2.34. The van der Waals surface area contributed by atoms with Gasteiger partial charge in [0.2, 0.25) is 0 Å². The van der Waals surface area contributed by atoms with Crippen LogP contribution in [0.2, 0.25) is 0 Å². The highest BCUT2D eigenvalue weighted by Gasteiger charge is 2.30. The van der Waals surface area contributed by atoms with Crippen molar-refractivity contribution in [3.63, 3.8) is 0 Å². The van der Waals surface area contributed by atoms with Gasteiger partial charge in [0, 0.05) is 0 Å². The van der Waals surface area contributed by atoms with E-state index in [4.69, 9.17) is 21.1 Å². The van der Waals surface area contributed by atoms with E-state index in [1.54, 1.807) is 24.3 Å². The molecule has 2 aromatic carbocycles. The van der Waals surface area contributed by atoms with E-state index >= 15 is 0 Å². The number of ether oxygens (including phenoxy) is 2. The molecule has 0 aliphatic carbocycles. The van der Waals surface area contributed by atoms with E-state index < -0.39 is 23.1 Å². The van der Waals surface area contributed by atoms with Gasteiger partial charge in [-0.15, -0.1) is 0 Å². The van der Waals surface area contributed by atoms with Gasteiger partial charge in [0.15, 0.2) is 17.6 Å². The van der Waals surface area contributed by atoms with Crippen LogP contribution in [-0.4, -0.2) is 11.3 Å². The minimum Gasteiger partial charge on any atom is -0.478 e. The molecule has 0 aliphatic heterocycles. The van der Waals surface area contributed by atoms with Crippen molar-refractivity contribution in [2.45, 2.75) is 19.2 Å². The van der Waals surface area contributed by atoms with E-state index in [1.165, 1.54) is 19.1 Å². The van der Waals surface area contributed by atoms with E-state index in [2.05, 4.69) is 0 Å². The molecule has 0 radical (unpaired) electrons. The summed E-state index contributed by atoms with van der Waals surface area (Å²) in [5.74, 6) is 0.727. The standard InChI is InChI=1S/C16H12ClF3O3/c1-10(15(17)21)22-13-4-2-3-5-14(13)23-12-8-6-11(7-9-12)16(18,19)20/h2-10H,1H3. The van der Waals surface area contributed by atoms with E-state index in [0.717, 1.165) is 12.1 Å². The van der Waals surface area contributed by atoms with Crippen LogP contribution in [0, 0.1) is 0 Å². The summed E-state index contributed by atoms with van der Waals surface area (Å²) >= 11 is 5.34. The second kappa shape index (κ2) is 6.91. The van der Waals surface area contributed by atoms with Crippen LogP contribution in [0.15, 0.2) is 48.5 Å². The topological polar surface area (TPSA) is 35.5 Å². The number of para-hydroxylation sites is 2. The highest BCUT2D eigenvalue weighted by molar-refractivity contribution is 6.64. The summed E-state index contributed by atoms with van der Waals surface area (Å²) < 4.78 is 48.5. The molecule has 2 aromatic rings. The van der Waals surface area contributed by atoms with Gasteiger partial charge in [-0.1, -0.05) is 12.1 Å². The molecular weight excluding hydrogens is 333 g/mol. The molecule has 2 rings (SSSR count). The smallest absolute Gasteiger partial charge is 0.416 e. The number of rotatable bonds is 5. The van der Waals surface area contributed by atoms with Gasteiger partial charge in [0.1, 0.15) is 5.75 Å². The molecule has 0 saturated carbocycles. The number of carbonyl (C=O) groups is 1. The lowest BCUT2D eigenvalue weighted by atomic mass is 10.2. The van der Waals surface area contributed by atoms with Crippen molar-refractivity contribution < 1.29 is 27.4 Å². The average Bonchev–Trinajstić information content (AvgIpc) is 2.48. The first-order valence-corrected chi connectivity index (χ1v) is 6.95. The van der Waals surface area contributed by atoms with Crippen LogP contribution >= 0.6 is 11.6 Å². The van der Waals surface area contributed by atoms with E-state index in [9.17, 15) is 18.0 Å². The molecule has 1 unspecified atom stereocenters. The van der Waals surface area contributed by atoms with Crippen LogP contribution in [0.25, 0.3) is 0 Å². The Labute approximate surface area is 135 Å². The number of hydrogen-bond acceptors (Lipinski definition) is 3. The van der Waals surface area contributed by atoms with Crippen molar-refractivity contribution in [2.75, 3.05) is 0 Å². The monoisotopic (exact) mass is 344 g/mol. The van der Waals surface area contributed by atoms with Crippen LogP contribution in [0.1, 0.15) is 12.5 Å². The molecule has 23 heavy (non-hydrogen) atoms. The summed E-state index contributed by atoms with van der Waals surface area (Å²) in [7, 11) is 0. The third-order valence-corrected chi connectivity index (χ3v) is 3.19. The molecule has 0 aliphatic rings. The van der Waals surface area contributed by atoms with Gasteiger partial charge >= 0.3 is 6.18 Å². The van der Waals surface area contributed by atoms with Crippen LogP contribution in [0.4, 0.5) is 13.2 Å². The number of hydrogen-bond donors (Lipinski definition) is 0. The molecular formula is C16H12ClF3O3. The Morgan fingerprint density at radius 3 is 2.13 bits per heavy atom. The van der Waals surface area contributed by atoms with E-state index in [0.29, 0.717) is 0 Å². The largest absolute Gasteiger partial charge is 0.478 e. The molecule has 7 heteroatoms. The highest BCUT2D eigenvalue weighted by atomic mass is 35.5. The van der Waals surface area contributed by atoms with Gasteiger partial charge in [-0.05, 0) is 54.9 Å². The lowest BCUT2D eigenvalue weighted by molar-refractivity contribution is -0.137. The average molecular weight is 345 g/mol. The molecule has 3 nitrogen and oxygen atoms in total. The third-order valence-electron chi connectivity index (χ3n) is 2.88. The maximum atomic E-state index is 12.5. The molecule has 0 heterocycles. The van der Waals surface area contributed by atoms with Crippen LogP contribution in [0.3, 0.4) is 0 Å². The first kappa shape index (κ1) is 17.1. The van der Waals surface area contributed by atoms with Gasteiger partial charge in [-0.25, -0.2) is 0 Å². The molecule has 0 fully saturated rings. The normalized spacial score (nSPS) is 12.6. The van der Waals surface area contributed by atoms with Crippen molar-refractivity contribution in [2.24, 2.45) is 0 Å². The van der Waals surface area contributed by atoms with Crippen molar-refractivity contribution in [1.29, 1.82) is 0 Å². The Kier molecular flexibility index (Phi) is 5.15. The minimum absolute atomic E-state index is 0.207. The SMILES string of the molecule is CC(Oc1ccccc1Oc1ccc(C(F)(F)F)cc1)C(=O)Cl. The lowest BCUT2D eigenvalue weighted by Gasteiger charge is -2.15. The predicted molar refractivity (Wildman–Crippen MR) is 78.9 cm³/mol. The molecule has 1 atom stereocenters. The predicted octanol–water partition coefficient (Wildman–Crippen LogP) is 5.03.